The summed E-state index contributed by atoms with van der Waals surface area (Å²) in [5, 5.41) is 0. The Morgan fingerprint density at radius 2 is 0.904 bits per heavy atom. The van der Waals surface area contributed by atoms with E-state index in [4.69, 9.17) is 0 Å². The Morgan fingerprint density at radius 1 is 0.481 bits per heavy atom. The van der Waals surface area contributed by atoms with Gasteiger partial charge in [-0.1, -0.05) is 50.1 Å². The summed E-state index contributed by atoms with van der Waals surface area (Å²) < 4.78 is 0. The van der Waals surface area contributed by atoms with Gasteiger partial charge in [0.15, 0.2) is 0 Å². The zero-order valence-electron chi connectivity index (χ0n) is 33.8. The summed E-state index contributed by atoms with van der Waals surface area (Å²) in [6, 6.07) is 30.7. The fraction of sp³-hybridized carbons (Fsp3) is 0.320. The molecule has 1 atom stereocenters. The van der Waals surface area contributed by atoms with Crippen LogP contribution in [0.3, 0.4) is 0 Å². The van der Waals surface area contributed by atoms with Gasteiger partial charge in [0.1, 0.15) is 0 Å². The number of rotatable bonds is 6. The molecule has 2 heteroatoms. The Morgan fingerprint density at radius 3 is 1.37 bits per heavy atom. The summed E-state index contributed by atoms with van der Waals surface area (Å²) in [4.78, 5) is 5.00. The third-order valence-corrected chi connectivity index (χ3v) is 12.8. The summed E-state index contributed by atoms with van der Waals surface area (Å²) in [7, 11) is 0. The first kappa shape index (κ1) is 35.6. The average molecular weight is 685 g/mol. The van der Waals surface area contributed by atoms with Gasteiger partial charge in [0.2, 0.25) is 0 Å². The number of anilines is 5. The zero-order valence-corrected chi connectivity index (χ0v) is 33.8. The monoisotopic (exact) mass is 684 g/mol. The predicted octanol–water partition coefficient (Wildman–Crippen LogP) is 14.3. The van der Waals surface area contributed by atoms with E-state index in [2.05, 4.69) is 185 Å². The number of benzene rings is 5. The number of fused-ring (bicyclic) bond motifs is 3. The number of allylic oxidation sites excluding steroid dienone is 4. The highest BCUT2D eigenvalue weighted by Gasteiger charge is 2.37. The quantitative estimate of drug-likeness (QED) is 0.176. The third-order valence-electron chi connectivity index (χ3n) is 12.8. The summed E-state index contributed by atoms with van der Waals surface area (Å²) in [6.07, 6.45) is 3.44. The molecule has 0 N–H and O–H groups in total. The van der Waals surface area contributed by atoms with Gasteiger partial charge in [-0.2, -0.15) is 0 Å². The molecule has 0 spiro atoms. The van der Waals surface area contributed by atoms with Gasteiger partial charge >= 0.3 is 0 Å². The van der Waals surface area contributed by atoms with Crippen molar-refractivity contribution in [2.24, 2.45) is 5.92 Å². The van der Waals surface area contributed by atoms with Gasteiger partial charge in [-0.25, -0.2) is 0 Å². The SMILES string of the molecule is CC1=C(C)C(C)CC(N(c2ccc(C)c(C)c2)c2ccc3c(c2)C(C)(C)c2cc(N(c4cc(C)c(C)c(C)c4)c4cc(C)c(C)c(C)c4)ccc2-3)=C1. The van der Waals surface area contributed by atoms with Gasteiger partial charge in [0.05, 0.1) is 0 Å². The van der Waals surface area contributed by atoms with Crippen LogP contribution in [0.2, 0.25) is 0 Å². The largest absolute Gasteiger partial charge is 0.314 e. The Bertz CT molecular complexity index is 2220. The first-order chi connectivity index (χ1) is 24.6. The maximum atomic E-state index is 2.52. The molecule has 2 aliphatic carbocycles. The van der Waals surface area contributed by atoms with Crippen molar-refractivity contribution in [1.82, 2.24) is 0 Å². The molecule has 0 aromatic heterocycles. The Kier molecular flexibility index (Phi) is 8.89. The topological polar surface area (TPSA) is 6.48 Å². The van der Waals surface area contributed by atoms with E-state index < -0.39 is 0 Å². The molecule has 0 radical (unpaired) electrons. The summed E-state index contributed by atoms with van der Waals surface area (Å²) in [5.41, 5.74) is 26.2. The third kappa shape index (κ3) is 5.91. The Hall–Kier alpha value is -4.82. The van der Waals surface area contributed by atoms with Crippen LogP contribution in [-0.2, 0) is 5.41 Å². The van der Waals surface area contributed by atoms with Crippen molar-refractivity contribution in [3.8, 4) is 11.1 Å². The number of aryl methyl sites for hydroxylation is 6. The number of nitrogens with zero attached hydrogens (tertiary/aromatic N) is 2. The van der Waals surface area contributed by atoms with Crippen molar-refractivity contribution >= 4 is 28.4 Å². The van der Waals surface area contributed by atoms with Gasteiger partial charge in [-0.05, 0) is 215 Å². The molecule has 1 unspecified atom stereocenters. The van der Waals surface area contributed by atoms with Crippen LogP contribution in [0.4, 0.5) is 28.4 Å². The summed E-state index contributed by atoms with van der Waals surface area (Å²) >= 11 is 0. The van der Waals surface area contributed by atoms with Crippen LogP contribution >= 0.6 is 0 Å². The number of hydrogen-bond acceptors (Lipinski definition) is 2. The van der Waals surface area contributed by atoms with Gasteiger partial charge in [-0.3, -0.25) is 0 Å². The molecule has 0 amide bonds. The van der Waals surface area contributed by atoms with Crippen LogP contribution in [0, 0.1) is 61.3 Å². The van der Waals surface area contributed by atoms with E-state index in [0.29, 0.717) is 5.92 Å². The minimum absolute atomic E-state index is 0.184. The lowest BCUT2D eigenvalue weighted by Gasteiger charge is -2.34. The van der Waals surface area contributed by atoms with E-state index in [1.165, 1.54) is 112 Å². The van der Waals surface area contributed by atoms with Crippen molar-refractivity contribution in [2.75, 3.05) is 9.80 Å². The molecule has 0 aliphatic heterocycles. The first-order valence-corrected chi connectivity index (χ1v) is 19.1. The standard InChI is InChI=1S/C50H56N2/c1-29-14-15-40(20-30(29)2)51(43-21-31(3)37(9)32(4)22-43)41-16-18-46-47-19-17-42(28-49(47)50(12,13)48(46)27-41)52(44-23-33(5)38(10)34(6)24-44)45-25-35(7)39(11)36(8)26-45/h14-21,23-28,32H,22H2,1-13H3. The molecule has 0 heterocycles. The van der Waals surface area contributed by atoms with Crippen molar-refractivity contribution in [2.45, 2.75) is 102 Å². The van der Waals surface area contributed by atoms with E-state index in [1.807, 2.05) is 0 Å². The highest BCUT2D eigenvalue weighted by atomic mass is 15.2. The van der Waals surface area contributed by atoms with E-state index in [9.17, 15) is 0 Å². The van der Waals surface area contributed by atoms with Crippen LogP contribution in [-0.4, -0.2) is 0 Å². The second-order valence-electron chi connectivity index (χ2n) is 16.5. The molecule has 2 aliphatic rings. The molecule has 5 aromatic rings. The smallest absolute Gasteiger partial charge is 0.0467 e. The average Bonchev–Trinajstić information content (AvgIpc) is 3.32. The fourth-order valence-corrected chi connectivity index (χ4v) is 8.50. The summed E-state index contributed by atoms with van der Waals surface area (Å²) in [5.74, 6) is 0.507. The molecule has 2 nitrogen and oxygen atoms in total. The Labute approximate surface area is 313 Å². The summed E-state index contributed by atoms with van der Waals surface area (Å²) in [6.45, 7) is 29.6. The predicted molar refractivity (Wildman–Crippen MR) is 225 cm³/mol. The minimum Gasteiger partial charge on any atom is -0.314 e. The first-order valence-electron chi connectivity index (χ1n) is 19.1. The fourth-order valence-electron chi connectivity index (χ4n) is 8.50. The normalized spacial score (nSPS) is 16.1. The highest BCUT2D eigenvalue weighted by molar-refractivity contribution is 5.88. The van der Waals surface area contributed by atoms with Gasteiger partial charge in [0.25, 0.3) is 0 Å². The van der Waals surface area contributed by atoms with E-state index in [-0.39, 0.29) is 5.41 Å². The molecule has 0 fully saturated rings. The molecule has 0 saturated heterocycles. The van der Waals surface area contributed by atoms with Crippen molar-refractivity contribution < 1.29 is 0 Å². The van der Waals surface area contributed by atoms with Crippen molar-refractivity contribution in [1.29, 1.82) is 0 Å². The van der Waals surface area contributed by atoms with E-state index in [0.717, 1.165) is 6.42 Å². The minimum atomic E-state index is -0.184. The molecule has 5 aromatic carbocycles. The van der Waals surface area contributed by atoms with Crippen molar-refractivity contribution in [3.05, 3.63) is 157 Å². The second kappa shape index (κ2) is 13.0. The zero-order chi connectivity index (χ0) is 37.4. The lowest BCUT2D eigenvalue weighted by Crippen LogP contribution is -2.22. The lowest BCUT2D eigenvalue weighted by molar-refractivity contribution is 0.644. The molecule has 7 rings (SSSR count). The molecule has 52 heavy (non-hydrogen) atoms. The second-order valence-corrected chi connectivity index (χ2v) is 16.5. The van der Waals surface area contributed by atoms with Crippen LogP contribution in [0.1, 0.15) is 96.7 Å². The Balaban J connectivity index is 1.37. The lowest BCUT2D eigenvalue weighted by atomic mass is 9.82. The van der Waals surface area contributed by atoms with Gasteiger partial charge in [0, 0.05) is 39.5 Å². The molecule has 0 bridgehead atoms. The maximum absolute atomic E-state index is 2.52. The van der Waals surface area contributed by atoms with Crippen LogP contribution in [0.5, 0.6) is 0 Å². The van der Waals surface area contributed by atoms with Crippen LogP contribution in [0.15, 0.2) is 102 Å². The van der Waals surface area contributed by atoms with Gasteiger partial charge in [-0.15, -0.1) is 0 Å². The van der Waals surface area contributed by atoms with E-state index >= 15 is 0 Å². The van der Waals surface area contributed by atoms with Crippen LogP contribution in [0.25, 0.3) is 11.1 Å². The van der Waals surface area contributed by atoms with Crippen LogP contribution < -0.4 is 9.80 Å². The molecule has 266 valence electrons. The molecule has 0 saturated carbocycles. The molecular weight excluding hydrogens is 629 g/mol. The van der Waals surface area contributed by atoms with Crippen molar-refractivity contribution in [3.63, 3.8) is 0 Å². The molecular formula is C50H56N2. The number of hydrogen-bond donors (Lipinski definition) is 0. The van der Waals surface area contributed by atoms with Gasteiger partial charge < -0.3 is 9.80 Å². The maximum Gasteiger partial charge on any atom is 0.0467 e. The highest BCUT2D eigenvalue weighted by Crippen LogP contribution is 2.53. The van der Waals surface area contributed by atoms with E-state index in [1.54, 1.807) is 0 Å².